The van der Waals surface area contributed by atoms with Crippen LogP contribution in [0.2, 0.25) is 0 Å². The average molecular weight is 295 g/mol. The SMILES string of the molecule is COC(=O)C1C2CC[C@H](C[C@@H]1C1CCC(OC)CC1)N2C. The first-order valence-corrected chi connectivity index (χ1v) is 8.48. The highest BCUT2D eigenvalue weighted by Crippen LogP contribution is 2.48. The molecule has 4 atom stereocenters. The van der Waals surface area contributed by atoms with Gasteiger partial charge >= 0.3 is 5.97 Å². The summed E-state index contributed by atoms with van der Waals surface area (Å²) >= 11 is 0. The van der Waals surface area contributed by atoms with Crippen LogP contribution in [-0.2, 0) is 14.3 Å². The molecule has 2 saturated heterocycles. The molecule has 2 unspecified atom stereocenters. The minimum absolute atomic E-state index is 0.0195. The van der Waals surface area contributed by atoms with E-state index in [1.54, 1.807) is 7.11 Å². The monoisotopic (exact) mass is 295 g/mol. The first-order valence-electron chi connectivity index (χ1n) is 8.48. The summed E-state index contributed by atoms with van der Waals surface area (Å²) < 4.78 is 10.7. The third kappa shape index (κ3) is 2.72. The number of hydrogen-bond acceptors (Lipinski definition) is 4. The van der Waals surface area contributed by atoms with Gasteiger partial charge in [0.1, 0.15) is 0 Å². The van der Waals surface area contributed by atoms with Crippen LogP contribution in [0.3, 0.4) is 0 Å². The van der Waals surface area contributed by atoms with E-state index in [1.165, 1.54) is 25.7 Å². The lowest BCUT2D eigenvalue weighted by Crippen LogP contribution is -2.52. The highest BCUT2D eigenvalue weighted by Gasteiger charge is 2.51. The fourth-order valence-electron chi connectivity index (χ4n) is 5.21. The number of esters is 1. The summed E-state index contributed by atoms with van der Waals surface area (Å²) in [6.45, 7) is 0. The molecule has 2 heterocycles. The van der Waals surface area contributed by atoms with Gasteiger partial charge in [-0.25, -0.2) is 0 Å². The molecule has 1 aliphatic carbocycles. The van der Waals surface area contributed by atoms with Crippen LogP contribution in [0, 0.1) is 17.8 Å². The van der Waals surface area contributed by atoms with E-state index < -0.39 is 0 Å². The van der Waals surface area contributed by atoms with Gasteiger partial charge in [0.05, 0.1) is 19.1 Å². The summed E-state index contributed by atoms with van der Waals surface area (Å²) in [6.07, 6.45) is 8.73. The number of carbonyl (C=O) groups excluding carboxylic acids is 1. The van der Waals surface area contributed by atoms with Crippen molar-refractivity contribution in [3.63, 3.8) is 0 Å². The van der Waals surface area contributed by atoms with Crippen molar-refractivity contribution in [2.45, 2.75) is 63.1 Å². The van der Waals surface area contributed by atoms with E-state index in [0.717, 1.165) is 19.3 Å². The van der Waals surface area contributed by atoms with Gasteiger partial charge in [-0.3, -0.25) is 9.69 Å². The molecule has 4 heteroatoms. The number of fused-ring (bicyclic) bond motifs is 2. The maximum atomic E-state index is 12.4. The van der Waals surface area contributed by atoms with E-state index in [2.05, 4.69) is 11.9 Å². The maximum Gasteiger partial charge on any atom is 0.310 e. The Morgan fingerprint density at radius 3 is 2.38 bits per heavy atom. The van der Waals surface area contributed by atoms with Crippen molar-refractivity contribution in [2.24, 2.45) is 17.8 Å². The Morgan fingerprint density at radius 1 is 1.05 bits per heavy atom. The molecule has 120 valence electrons. The molecule has 2 aliphatic heterocycles. The summed E-state index contributed by atoms with van der Waals surface area (Å²) in [5.74, 6) is 1.30. The predicted molar refractivity (Wildman–Crippen MR) is 80.9 cm³/mol. The van der Waals surface area contributed by atoms with Crippen LogP contribution >= 0.6 is 0 Å². The summed E-state index contributed by atoms with van der Waals surface area (Å²) in [4.78, 5) is 14.8. The van der Waals surface area contributed by atoms with E-state index in [4.69, 9.17) is 9.47 Å². The first kappa shape index (κ1) is 15.3. The van der Waals surface area contributed by atoms with Gasteiger partial charge in [0.25, 0.3) is 0 Å². The molecule has 0 aromatic carbocycles. The second-order valence-electron chi connectivity index (χ2n) is 7.18. The quantitative estimate of drug-likeness (QED) is 0.750. The molecule has 4 nitrogen and oxygen atoms in total. The Hall–Kier alpha value is -0.610. The lowest BCUT2D eigenvalue weighted by molar-refractivity contribution is -0.154. The van der Waals surface area contributed by atoms with Gasteiger partial charge in [0.15, 0.2) is 0 Å². The Balaban J connectivity index is 1.75. The van der Waals surface area contributed by atoms with E-state index in [1.807, 2.05) is 7.11 Å². The van der Waals surface area contributed by atoms with Gasteiger partial charge in [-0.1, -0.05) is 0 Å². The topological polar surface area (TPSA) is 38.8 Å². The highest BCUT2D eigenvalue weighted by molar-refractivity contribution is 5.74. The van der Waals surface area contributed by atoms with Crippen LogP contribution < -0.4 is 0 Å². The molecule has 3 rings (SSSR count). The first-order chi connectivity index (χ1) is 10.2. The van der Waals surface area contributed by atoms with Crippen molar-refractivity contribution in [3.05, 3.63) is 0 Å². The van der Waals surface area contributed by atoms with E-state index in [0.29, 0.717) is 30.0 Å². The van der Waals surface area contributed by atoms with E-state index in [9.17, 15) is 4.79 Å². The van der Waals surface area contributed by atoms with Gasteiger partial charge in [0.2, 0.25) is 0 Å². The molecular formula is C17H29NO3. The van der Waals surface area contributed by atoms with E-state index >= 15 is 0 Å². The molecule has 2 bridgehead atoms. The number of methoxy groups -OCH3 is 2. The smallest absolute Gasteiger partial charge is 0.310 e. The van der Waals surface area contributed by atoms with Crippen molar-refractivity contribution in [1.29, 1.82) is 0 Å². The summed E-state index contributed by atoms with van der Waals surface area (Å²) in [5, 5.41) is 0. The van der Waals surface area contributed by atoms with Crippen LogP contribution in [0.4, 0.5) is 0 Å². The number of nitrogens with zero attached hydrogens (tertiary/aromatic N) is 1. The molecule has 0 aromatic rings. The standard InChI is InChI=1S/C17H29NO3/c1-18-12-6-9-15(18)16(17(19)21-3)14(10-12)11-4-7-13(20-2)8-5-11/h11-16H,4-10H2,1-3H3/t11?,12-,13?,14-,15?,16?/m1/s1. The van der Waals surface area contributed by atoms with Crippen LogP contribution in [0.1, 0.15) is 44.9 Å². The second kappa shape index (κ2) is 6.25. The van der Waals surface area contributed by atoms with Crippen molar-refractivity contribution in [1.82, 2.24) is 4.90 Å². The number of ether oxygens (including phenoxy) is 2. The maximum absolute atomic E-state index is 12.4. The van der Waals surface area contributed by atoms with Crippen LogP contribution in [0.25, 0.3) is 0 Å². The van der Waals surface area contributed by atoms with Gasteiger partial charge in [-0.05, 0) is 63.8 Å². The number of carbonyl (C=O) groups is 1. The lowest BCUT2D eigenvalue weighted by atomic mass is 9.68. The molecule has 0 N–H and O–H groups in total. The summed E-state index contributed by atoms with van der Waals surface area (Å²) in [6, 6.07) is 1.09. The zero-order valence-corrected chi connectivity index (χ0v) is 13.6. The summed E-state index contributed by atoms with van der Waals surface area (Å²) in [5.41, 5.74) is 0. The molecule has 3 aliphatic rings. The summed E-state index contributed by atoms with van der Waals surface area (Å²) in [7, 11) is 5.55. The zero-order chi connectivity index (χ0) is 15.0. The lowest BCUT2D eigenvalue weighted by Gasteiger charge is -2.46. The van der Waals surface area contributed by atoms with Crippen LogP contribution in [0.15, 0.2) is 0 Å². The van der Waals surface area contributed by atoms with Gasteiger partial charge < -0.3 is 9.47 Å². The Bertz CT molecular complexity index is 378. The third-order valence-corrected chi connectivity index (χ3v) is 6.45. The third-order valence-electron chi connectivity index (χ3n) is 6.45. The van der Waals surface area contributed by atoms with Crippen molar-refractivity contribution in [2.75, 3.05) is 21.3 Å². The fraction of sp³-hybridized carbons (Fsp3) is 0.941. The molecule has 21 heavy (non-hydrogen) atoms. The number of hydrogen-bond donors (Lipinski definition) is 0. The Labute approximate surface area is 128 Å². The van der Waals surface area contributed by atoms with Crippen molar-refractivity contribution < 1.29 is 14.3 Å². The predicted octanol–water partition coefficient (Wildman–Crippen LogP) is 2.46. The average Bonchev–Trinajstić information content (AvgIpc) is 2.76. The molecule has 0 amide bonds. The fourth-order valence-corrected chi connectivity index (χ4v) is 5.21. The number of piperidine rings is 1. The zero-order valence-electron chi connectivity index (χ0n) is 13.6. The van der Waals surface area contributed by atoms with Crippen LogP contribution in [-0.4, -0.2) is 50.3 Å². The van der Waals surface area contributed by atoms with Crippen molar-refractivity contribution in [3.8, 4) is 0 Å². The molecule has 0 radical (unpaired) electrons. The van der Waals surface area contributed by atoms with Gasteiger partial charge in [0, 0.05) is 19.2 Å². The van der Waals surface area contributed by atoms with Crippen molar-refractivity contribution >= 4 is 5.97 Å². The second-order valence-corrected chi connectivity index (χ2v) is 7.18. The Morgan fingerprint density at radius 2 is 1.76 bits per heavy atom. The molecule has 0 aromatic heterocycles. The largest absolute Gasteiger partial charge is 0.469 e. The normalized spacial score (nSPS) is 43.8. The molecular weight excluding hydrogens is 266 g/mol. The van der Waals surface area contributed by atoms with E-state index in [-0.39, 0.29) is 11.9 Å². The molecule has 0 spiro atoms. The van der Waals surface area contributed by atoms with Gasteiger partial charge in [-0.2, -0.15) is 0 Å². The van der Waals surface area contributed by atoms with Gasteiger partial charge in [-0.15, -0.1) is 0 Å². The number of rotatable bonds is 3. The minimum Gasteiger partial charge on any atom is -0.469 e. The minimum atomic E-state index is 0.0195. The Kier molecular flexibility index (Phi) is 4.55. The molecule has 1 saturated carbocycles. The molecule has 3 fully saturated rings. The van der Waals surface area contributed by atoms with Crippen LogP contribution in [0.5, 0.6) is 0 Å². The highest BCUT2D eigenvalue weighted by atomic mass is 16.5.